The van der Waals surface area contributed by atoms with Crippen molar-refractivity contribution in [2.24, 2.45) is 0 Å². The summed E-state index contributed by atoms with van der Waals surface area (Å²) in [5.41, 5.74) is 0.595. The lowest BCUT2D eigenvalue weighted by Gasteiger charge is -1.96. The van der Waals surface area contributed by atoms with Crippen molar-refractivity contribution in [3.63, 3.8) is 0 Å². The molecule has 2 N–H and O–H groups in total. The van der Waals surface area contributed by atoms with Gasteiger partial charge in [-0.05, 0) is 13.2 Å². The first-order chi connectivity index (χ1) is 6.72. The highest BCUT2D eigenvalue weighted by molar-refractivity contribution is 7.98. The molecule has 0 aliphatic rings. The van der Waals surface area contributed by atoms with E-state index < -0.39 is 0 Å². The quantitative estimate of drug-likeness (QED) is 0.581. The molecule has 0 aliphatic carbocycles. The lowest BCUT2D eigenvalue weighted by Crippen LogP contribution is -2.11. The maximum atomic E-state index is 5.74. The van der Waals surface area contributed by atoms with Crippen LogP contribution in [0.2, 0.25) is 0 Å². The van der Waals surface area contributed by atoms with Crippen molar-refractivity contribution in [3.8, 4) is 11.5 Å². The zero-order chi connectivity index (χ0) is 10.1. The van der Waals surface area contributed by atoms with Gasteiger partial charge >= 0.3 is 0 Å². The summed E-state index contributed by atoms with van der Waals surface area (Å²) in [5, 5.41) is 12.3. The van der Waals surface area contributed by atoms with Crippen LogP contribution in [0.4, 0.5) is 0 Å². The standard InChI is InChI=1S/C7H9N5OS/c1-4-3-5(11-13-4)6-9-10-7(14-2)12(6)8/h3H,8H2,1-2H3. The molecule has 74 valence electrons. The van der Waals surface area contributed by atoms with Gasteiger partial charge in [-0.3, -0.25) is 0 Å². The Morgan fingerprint density at radius 1 is 1.50 bits per heavy atom. The number of aryl methyl sites for hydroxylation is 1. The molecule has 0 aromatic carbocycles. The Morgan fingerprint density at radius 3 is 2.79 bits per heavy atom. The monoisotopic (exact) mass is 211 g/mol. The maximum Gasteiger partial charge on any atom is 0.209 e. The Labute approximate surface area is 84.4 Å². The smallest absolute Gasteiger partial charge is 0.209 e. The predicted molar refractivity (Wildman–Crippen MR) is 52.2 cm³/mol. The van der Waals surface area contributed by atoms with Crippen LogP contribution in [0.3, 0.4) is 0 Å². The van der Waals surface area contributed by atoms with Crippen molar-refractivity contribution in [2.75, 3.05) is 12.1 Å². The van der Waals surface area contributed by atoms with E-state index in [2.05, 4.69) is 15.4 Å². The third kappa shape index (κ3) is 1.35. The van der Waals surface area contributed by atoms with Crippen molar-refractivity contribution < 1.29 is 4.52 Å². The van der Waals surface area contributed by atoms with Gasteiger partial charge in [0.05, 0.1) is 0 Å². The van der Waals surface area contributed by atoms with E-state index in [1.807, 2.05) is 13.2 Å². The predicted octanol–water partition coefficient (Wildman–Crippen LogP) is 0.677. The van der Waals surface area contributed by atoms with Crippen LogP contribution in [0.1, 0.15) is 5.76 Å². The van der Waals surface area contributed by atoms with Gasteiger partial charge in [-0.1, -0.05) is 16.9 Å². The molecule has 2 heterocycles. The zero-order valence-corrected chi connectivity index (χ0v) is 8.58. The topological polar surface area (TPSA) is 82.8 Å². The fourth-order valence-electron chi connectivity index (χ4n) is 1.06. The fraction of sp³-hybridized carbons (Fsp3) is 0.286. The number of nitrogens with zero attached hydrogens (tertiary/aromatic N) is 4. The van der Waals surface area contributed by atoms with E-state index >= 15 is 0 Å². The minimum Gasteiger partial charge on any atom is -0.361 e. The van der Waals surface area contributed by atoms with Crippen LogP contribution < -0.4 is 5.84 Å². The first-order valence-corrected chi connectivity index (χ1v) is 5.13. The van der Waals surface area contributed by atoms with Crippen LogP contribution in [-0.2, 0) is 0 Å². The second-order valence-corrected chi connectivity index (χ2v) is 3.48. The summed E-state index contributed by atoms with van der Waals surface area (Å²) in [4.78, 5) is 0. The summed E-state index contributed by atoms with van der Waals surface area (Å²) >= 11 is 1.42. The molecule has 0 fully saturated rings. The van der Waals surface area contributed by atoms with Gasteiger partial charge in [-0.15, -0.1) is 10.2 Å². The number of hydrogen-bond acceptors (Lipinski definition) is 6. The van der Waals surface area contributed by atoms with Crippen molar-refractivity contribution in [1.29, 1.82) is 0 Å². The number of thioether (sulfide) groups is 1. The van der Waals surface area contributed by atoms with Crippen LogP contribution in [0.5, 0.6) is 0 Å². The number of hydrogen-bond donors (Lipinski definition) is 1. The Kier molecular flexibility index (Phi) is 2.16. The van der Waals surface area contributed by atoms with E-state index in [-0.39, 0.29) is 0 Å². The first-order valence-electron chi connectivity index (χ1n) is 3.90. The van der Waals surface area contributed by atoms with Gasteiger partial charge in [0, 0.05) is 6.07 Å². The molecule has 0 atom stereocenters. The highest BCUT2D eigenvalue weighted by atomic mass is 32.2. The number of aromatic nitrogens is 4. The summed E-state index contributed by atoms with van der Waals surface area (Å²) in [6.07, 6.45) is 1.88. The Balaban J connectivity index is 2.46. The van der Waals surface area contributed by atoms with E-state index in [0.717, 1.165) is 0 Å². The normalized spacial score (nSPS) is 10.7. The summed E-state index contributed by atoms with van der Waals surface area (Å²) in [5.74, 6) is 6.97. The molecule has 6 nitrogen and oxygen atoms in total. The van der Waals surface area contributed by atoms with Crippen molar-refractivity contribution in [2.45, 2.75) is 12.1 Å². The van der Waals surface area contributed by atoms with Crippen molar-refractivity contribution in [1.82, 2.24) is 20.0 Å². The second kappa shape index (κ2) is 3.33. The van der Waals surface area contributed by atoms with E-state index in [9.17, 15) is 0 Å². The van der Waals surface area contributed by atoms with Gasteiger partial charge in [0.15, 0.2) is 5.69 Å². The first kappa shape index (κ1) is 9.07. The molecule has 0 radical (unpaired) electrons. The number of rotatable bonds is 2. The van der Waals surface area contributed by atoms with Gasteiger partial charge in [0.1, 0.15) is 5.76 Å². The van der Waals surface area contributed by atoms with Gasteiger partial charge in [0.2, 0.25) is 11.0 Å². The fourth-order valence-corrected chi connectivity index (χ4v) is 1.47. The van der Waals surface area contributed by atoms with Gasteiger partial charge in [-0.2, -0.15) is 0 Å². The highest BCUT2D eigenvalue weighted by Gasteiger charge is 2.13. The van der Waals surface area contributed by atoms with Crippen LogP contribution in [0.15, 0.2) is 15.7 Å². The number of nitrogens with two attached hydrogens (primary N) is 1. The Morgan fingerprint density at radius 2 is 2.29 bits per heavy atom. The molecule has 0 bridgehead atoms. The van der Waals surface area contributed by atoms with Crippen LogP contribution in [0.25, 0.3) is 11.5 Å². The molecule has 2 aromatic rings. The molecule has 0 saturated carbocycles. The second-order valence-electron chi connectivity index (χ2n) is 2.70. The zero-order valence-electron chi connectivity index (χ0n) is 7.76. The minimum atomic E-state index is 0.506. The molecule has 0 unspecified atom stereocenters. The Hall–Kier alpha value is -1.50. The van der Waals surface area contributed by atoms with Gasteiger partial charge in [0.25, 0.3) is 0 Å². The third-order valence-electron chi connectivity index (χ3n) is 1.70. The lowest BCUT2D eigenvalue weighted by atomic mass is 10.4. The van der Waals surface area contributed by atoms with E-state index in [1.165, 1.54) is 16.4 Å². The summed E-state index contributed by atoms with van der Waals surface area (Å²) in [7, 11) is 0. The SMILES string of the molecule is CSc1nnc(-c2cc(C)on2)n1N. The molecule has 0 aliphatic heterocycles. The van der Waals surface area contributed by atoms with E-state index in [0.29, 0.717) is 22.4 Å². The largest absolute Gasteiger partial charge is 0.361 e. The molecule has 14 heavy (non-hydrogen) atoms. The molecule has 0 amide bonds. The molecule has 0 spiro atoms. The van der Waals surface area contributed by atoms with Crippen LogP contribution >= 0.6 is 11.8 Å². The average molecular weight is 211 g/mol. The molecule has 7 heteroatoms. The molecule has 2 aromatic heterocycles. The molecule has 0 saturated heterocycles. The van der Waals surface area contributed by atoms with Gasteiger partial charge in [-0.25, -0.2) is 4.68 Å². The highest BCUT2D eigenvalue weighted by Crippen LogP contribution is 2.19. The third-order valence-corrected chi connectivity index (χ3v) is 2.35. The summed E-state index contributed by atoms with van der Waals surface area (Å²) in [6.45, 7) is 1.81. The molecular weight excluding hydrogens is 202 g/mol. The Bertz CT molecular complexity index is 449. The maximum absolute atomic E-state index is 5.74. The van der Waals surface area contributed by atoms with Crippen LogP contribution in [0, 0.1) is 6.92 Å². The van der Waals surface area contributed by atoms with E-state index in [4.69, 9.17) is 10.4 Å². The minimum absolute atomic E-state index is 0.506. The van der Waals surface area contributed by atoms with Crippen LogP contribution in [-0.4, -0.2) is 26.3 Å². The summed E-state index contributed by atoms with van der Waals surface area (Å²) < 4.78 is 6.31. The lowest BCUT2D eigenvalue weighted by molar-refractivity contribution is 0.399. The van der Waals surface area contributed by atoms with Gasteiger partial charge < -0.3 is 10.4 Å². The van der Waals surface area contributed by atoms with E-state index in [1.54, 1.807) is 6.07 Å². The average Bonchev–Trinajstić information content (AvgIpc) is 2.72. The van der Waals surface area contributed by atoms with Crippen molar-refractivity contribution in [3.05, 3.63) is 11.8 Å². The van der Waals surface area contributed by atoms with Crippen molar-refractivity contribution >= 4 is 11.8 Å². The molecule has 2 rings (SSSR count). The molecular formula is C7H9N5OS. The summed E-state index contributed by atoms with van der Waals surface area (Å²) in [6, 6.07) is 1.76. The number of nitrogen functional groups attached to an aromatic ring is 1.